The van der Waals surface area contributed by atoms with Gasteiger partial charge in [0.15, 0.2) is 0 Å². The van der Waals surface area contributed by atoms with Crippen molar-refractivity contribution in [2.24, 2.45) is 5.73 Å². The van der Waals surface area contributed by atoms with Crippen molar-refractivity contribution >= 4 is 15.9 Å². The van der Waals surface area contributed by atoms with Gasteiger partial charge in [-0.25, -0.2) is 4.68 Å². The average molecular weight is 309 g/mol. The van der Waals surface area contributed by atoms with Crippen molar-refractivity contribution in [3.05, 3.63) is 40.1 Å². The lowest BCUT2D eigenvalue weighted by Crippen LogP contribution is -2.10. The third-order valence-electron chi connectivity index (χ3n) is 2.84. The van der Waals surface area contributed by atoms with Gasteiger partial charge in [0.05, 0.1) is 23.6 Å². The minimum absolute atomic E-state index is 0.0349. The summed E-state index contributed by atoms with van der Waals surface area (Å²) in [6.07, 6.45) is 3.87. The zero-order chi connectivity index (χ0) is 13.1. The van der Waals surface area contributed by atoms with Crippen molar-refractivity contribution < 1.29 is 0 Å². The molecule has 1 aromatic carbocycles. The lowest BCUT2D eigenvalue weighted by Gasteiger charge is -2.06. The first-order valence-electron chi connectivity index (χ1n) is 6.06. The van der Waals surface area contributed by atoms with E-state index in [4.69, 9.17) is 5.73 Å². The number of rotatable bonds is 4. The second-order valence-electron chi connectivity index (χ2n) is 4.44. The summed E-state index contributed by atoms with van der Waals surface area (Å²) < 4.78 is 2.76. The number of halogens is 1. The number of benzene rings is 1. The zero-order valence-electron chi connectivity index (χ0n) is 10.6. The van der Waals surface area contributed by atoms with Gasteiger partial charge in [-0.2, -0.15) is 0 Å². The molecule has 0 radical (unpaired) electrons. The van der Waals surface area contributed by atoms with Crippen molar-refractivity contribution in [1.82, 2.24) is 15.0 Å². The maximum atomic E-state index is 6.04. The summed E-state index contributed by atoms with van der Waals surface area (Å²) in [6.45, 7) is 4.16. The highest BCUT2D eigenvalue weighted by Gasteiger charge is 2.11. The van der Waals surface area contributed by atoms with Crippen molar-refractivity contribution in [2.75, 3.05) is 0 Å². The van der Waals surface area contributed by atoms with Crippen molar-refractivity contribution in [3.8, 4) is 5.69 Å². The van der Waals surface area contributed by atoms with Gasteiger partial charge in [-0.05, 0) is 47.0 Å². The molecule has 0 fully saturated rings. The standard InChI is InChI=1S/C13H17BrN4/c1-3-4-11(15)12-8-18(17-16-12)13-7-9(2)5-6-10(13)14/h5-8,11H,3-4,15H2,1-2H3. The molecule has 0 amide bonds. The van der Waals surface area contributed by atoms with Gasteiger partial charge in [0.1, 0.15) is 0 Å². The fraction of sp³-hybridized carbons (Fsp3) is 0.385. The second-order valence-corrected chi connectivity index (χ2v) is 5.29. The Bertz CT molecular complexity index is 536. The fourth-order valence-corrected chi connectivity index (χ4v) is 2.25. The monoisotopic (exact) mass is 308 g/mol. The molecule has 1 atom stereocenters. The van der Waals surface area contributed by atoms with E-state index in [0.717, 1.165) is 28.7 Å². The maximum absolute atomic E-state index is 6.04. The van der Waals surface area contributed by atoms with Gasteiger partial charge >= 0.3 is 0 Å². The molecular weight excluding hydrogens is 292 g/mol. The molecule has 4 nitrogen and oxygen atoms in total. The number of hydrogen-bond donors (Lipinski definition) is 1. The summed E-state index contributed by atoms with van der Waals surface area (Å²) in [5, 5.41) is 8.30. The first kappa shape index (κ1) is 13.2. The van der Waals surface area contributed by atoms with Crippen LogP contribution < -0.4 is 5.73 Å². The molecule has 0 aliphatic rings. The Morgan fingerprint density at radius 2 is 2.22 bits per heavy atom. The van der Waals surface area contributed by atoms with E-state index in [0.29, 0.717) is 0 Å². The van der Waals surface area contributed by atoms with Crippen molar-refractivity contribution in [2.45, 2.75) is 32.7 Å². The lowest BCUT2D eigenvalue weighted by atomic mass is 10.1. The van der Waals surface area contributed by atoms with Gasteiger partial charge in [0.2, 0.25) is 0 Å². The van der Waals surface area contributed by atoms with Gasteiger partial charge in [0, 0.05) is 4.47 Å². The average Bonchev–Trinajstić information content (AvgIpc) is 2.82. The van der Waals surface area contributed by atoms with Crippen molar-refractivity contribution in [3.63, 3.8) is 0 Å². The smallest absolute Gasteiger partial charge is 0.0998 e. The predicted octanol–water partition coefficient (Wildman–Crippen LogP) is 3.14. The maximum Gasteiger partial charge on any atom is 0.0998 e. The number of aromatic nitrogens is 3. The molecule has 0 saturated heterocycles. The van der Waals surface area contributed by atoms with Crippen LogP contribution in [-0.2, 0) is 0 Å². The fourth-order valence-electron chi connectivity index (χ4n) is 1.82. The van der Waals surface area contributed by atoms with E-state index >= 15 is 0 Å². The van der Waals surface area contributed by atoms with E-state index in [1.807, 2.05) is 18.3 Å². The number of nitrogens with two attached hydrogens (primary N) is 1. The van der Waals surface area contributed by atoms with Crippen LogP contribution in [0.25, 0.3) is 5.69 Å². The molecule has 1 aromatic heterocycles. The molecule has 96 valence electrons. The molecule has 0 bridgehead atoms. The number of nitrogens with zero attached hydrogens (tertiary/aromatic N) is 3. The summed E-state index contributed by atoms with van der Waals surface area (Å²) in [4.78, 5) is 0. The van der Waals surface area contributed by atoms with Gasteiger partial charge < -0.3 is 5.73 Å². The molecular formula is C13H17BrN4. The molecule has 0 aliphatic carbocycles. The summed E-state index contributed by atoms with van der Waals surface area (Å²) >= 11 is 3.52. The molecule has 1 unspecified atom stereocenters. The van der Waals surface area contributed by atoms with Gasteiger partial charge in [-0.3, -0.25) is 0 Å². The topological polar surface area (TPSA) is 56.7 Å². The minimum Gasteiger partial charge on any atom is -0.323 e. The molecule has 2 N–H and O–H groups in total. The number of hydrogen-bond acceptors (Lipinski definition) is 3. The van der Waals surface area contributed by atoms with E-state index in [2.05, 4.69) is 46.2 Å². The summed E-state index contributed by atoms with van der Waals surface area (Å²) in [5.74, 6) is 0. The van der Waals surface area contributed by atoms with Crippen LogP contribution in [0.5, 0.6) is 0 Å². The molecule has 2 rings (SSSR count). The largest absolute Gasteiger partial charge is 0.323 e. The van der Waals surface area contributed by atoms with Crippen LogP contribution in [0.1, 0.15) is 37.1 Å². The molecule has 0 spiro atoms. The Balaban J connectivity index is 2.32. The summed E-state index contributed by atoms with van der Waals surface area (Å²) in [7, 11) is 0. The Morgan fingerprint density at radius 3 is 2.94 bits per heavy atom. The van der Waals surface area contributed by atoms with Crippen LogP contribution in [0.3, 0.4) is 0 Å². The Kier molecular flexibility index (Phi) is 4.14. The van der Waals surface area contributed by atoms with E-state index in [1.54, 1.807) is 4.68 Å². The van der Waals surface area contributed by atoms with Crippen LogP contribution in [0.15, 0.2) is 28.9 Å². The summed E-state index contributed by atoms with van der Waals surface area (Å²) in [6, 6.07) is 6.09. The normalized spacial score (nSPS) is 12.7. The van der Waals surface area contributed by atoms with Crippen LogP contribution in [0, 0.1) is 6.92 Å². The van der Waals surface area contributed by atoms with E-state index in [-0.39, 0.29) is 6.04 Å². The Hall–Kier alpha value is -1.20. The third kappa shape index (κ3) is 2.79. The highest BCUT2D eigenvalue weighted by molar-refractivity contribution is 9.10. The van der Waals surface area contributed by atoms with Gasteiger partial charge in [-0.1, -0.05) is 24.6 Å². The van der Waals surface area contributed by atoms with Gasteiger partial charge in [0.25, 0.3) is 0 Å². The van der Waals surface area contributed by atoms with Crippen LogP contribution in [0.2, 0.25) is 0 Å². The Morgan fingerprint density at radius 1 is 1.44 bits per heavy atom. The van der Waals surface area contributed by atoms with Crippen LogP contribution >= 0.6 is 15.9 Å². The molecule has 2 aromatic rings. The lowest BCUT2D eigenvalue weighted by molar-refractivity contribution is 0.619. The van der Waals surface area contributed by atoms with E-state index in [1.165, 1.54) is 5.56 Å². The quantitative estimate of drug-likeness (QED) is 0.944. The molecule has 1 heterocycles. The second kappa shape index (κ2) is 5.63. The van der Waals surface area contributed by atoms with Gasteiger partial charge in [-0.15, -0.1) is 5.10 Å². The van der Waals surface area contributed by atoms with Crippen LogP contribution in [0.4, 0.5) is 0 Å². The highest BCUT2D eigenvalue weighted by Crippen LogP contribution is 2.22. The van der Waals surface area contributed by atoms with Crippen LogP contribution in [-0.4, -0.2) is 15.0 Å². The predicted molar refractivity (Wildman–Crippen MR) is 75.6 cm³/mol. The zero-order valence-corrected chi connectivity index (χ0v) is 12.2. The minimum atomic E-state index is -0.0349. The first-order valence-corrected chi connectivity index (χ1v) is 6.85. The molecule has 0 saturated carbocycles. The highest BCUT2D eigenvalue weighted by atomic mass is 79.9. The molecule has 5 heteroatoms. The van der Waals surface area contributed by atoms with E-state index in [9.17, 15) is 0 Å². The Labute approximate surface area is 115 Å². The SMILES string of the molecule is CCCC(N)c1cn(-c2cc(C)ccc2Br)nn1. The summed E-state index contributed by atoms with van der Waals surface area (Å²) in [5.41, 5.74) is 9.04. The molecule has 18 heavy (non-hydrogen) atoms. The molecule has 0 aliphatic heterocycles. The number of aryl methyl sites for hydroxylation is 1. The first-order chi connectivity index (χ1) is 8.61. The van der Waals surface area contributed by atoms with Crippen molar-refractivity contribution in [1.29, 1.82) is 0 Å². The third-order valence-corrected chi connectivity index (χ3v) is 3.51. The van der Waals surface area contributed by atoms with E-state index < -0.39 is 0 Å².